The predicted octanol–water partition coefficient (Wildman–Crippen LogP) is 3.33. The van der Waals surface area contributed by atoms with Crippen LogP contribution in [0.1, 0.15) is 56.5 Å². The van der Waals surface area contributed by atoms with E-state index < -0.39 is 0 Å². The Morgan fingerprint density at radius 3 is 2.67 bits per heavy atom. The first kappa shape index (κ1) is 13.2. The second-order valence-electron chi connectivity index (χ2n) is 5.03. The van der Waals surface area contributed by atoms with Gasteiger partial charge in [-0.25, -0.2) is 9.97 Å². The van der Waals surface area contributed by atoms with Gasteiger partial charge in [0.15, 0.2) is 0 Å². The van der Waals surface area contributed by atoms with Crippen molar-refractivity contribution in [3.05, 3.63) is 35.4 Å². The molecule has 98 valence electrons. The molecule has 1 unspecified atom stereocenters. The minimum atomic E-state index is 0.214. The van der Waals surface area contributed by atoms with E-state index in [1.165, 1.54) is 31.3 Å². The van der Waals surface area contributed by atoms with Crippen molar-refractivity contribution in [2.75, 3.05) is 6.54 Å². The Kier molecular flexibility index (Phi) is 4.88. The van der Waals surface area contributed by atoms with Crippen LogP contribution in [0.3, 0.4) is 0 Å². The summed E-state index contributed by atoms with van der Waals surface area (Å²) < 4.78 is 0. The van der Waals surface area contributed by atoms with E-state index in [1.54, 1.807) is 0 Å². The number of rotatable bonds is 5. The fourth-order valence-electron chi connectivity index (χ4n) is 2.35. The number of nitrogens with one attached hydrogen (secondary N) is 1. The molecule has 0 amide bonds. The highest BCUT2D eigenvalue weighted by Crippen LogP contribution is 2.28. The van der Waals surface area contributed by atoms with E-state index in [0.717, 1.165) is 24.4 Å². The van der Waals surface area contributed by atoms with Gasteiger partial charge in [-0.2, -0.15) is 0 Å². The average Bonchev–Trinajstić information content (AvgIpc) is 2.42. The van der Waals surface area contributed by atoms with E-state index in [9.17, 15) is 0 Å². The zero-order valence-electron chi connectivity index (χ0n) is 11.4. The van der Waals surface area contributed by atoms with Crippen molar-refractivity contribution in [2.45, 2.75) is 52.0 Å². The number of nitrogens with zero attached hydrogens (tertiary/aromatic N) is 2. The molecule has 1 aromatic rings. The number of aromatic nitrogens is 2. The summed E-state index contributed by atoms with van der Waals surface area (Å²) in [4.78, 5) is 8.98. The summed E-state index contributed by atoms with van der Waals surface area (Å²) in [6.45, 7) is 5.23. The highest BCUT2D eigenvalue weighted by atomic mass is 15.0. The largest absolute Gasteiger partial charge is 0.304 e. The van der Waals surface area contributed by atoms with Gasteiger partial charge >= 0.3 is 0 Å². The Morgan fingerprint density at radius 1 is 1.28 bits per heavy atom. The maximum absolute atomic E-state index is 4.49. The molecule has 1 heterocycles. The van der Waals surface area contributed by atoms with E-state index in [-0.39, 0.29) is 6.04 Å². The maximum Gasteiger partial charge on any atom is 0.149 e. The SMILES string of the molecule is CCCNC(C1=CCCCC1)c1ncc(C)cn1. The van der Waals surface area contributed by atoms with Crippen LogP contribution in [0, 0.1) is 6.92 Å². The van der Waals surface area contributed by atoms with Gasteiger partial charge in [0.05, 0.1) is 6.04 Å². The van der Waals surface area contributed by atoms with Gasteiger partial charge in [0, 0.05) is 12.4 Å². The van der Waals surface area contributed by atoms with Crippen LogP contribution in [-0.2, 0) is 0 Å². The first-order valence-corrected chi connectivity index (χ1v) is 7.02. The predicted molar refractivity (Wildman–Crippen MR) is 74.4 cm³/mol. The molecule has 0 spiro atoms. The van der Waals surface area contributed by atoms with Gasteiger partial charge in [-0.15, -0.1) is 0 Å². The molecular formula is C15H23N3. The lowest BCUT2D eigenvalue weighted by atomic mass is 9.93. The van der Waals surface area contributed by atoms with Gasteiger partial charge in [-0.05, 0) is 56.7 Å². The quantitative estimate of drug-likeness (QED) is 0.809. The van der Waals surface area contributed by atoms with E-state index >= 15 is 0 Å². The summed E-state index contributed by atoms with van der Waals surface area (Å²) in [6, 6.07) is 0.214. The Morgan fingerprint density at radius 2 is 2.06 bits per heavy atom. The third-order valence-corrected chi connectivity index (χ3v) is 3.35. The molecule has 1 aliphatic rings. The van der Waals surface area contributed by atoms with Gasteiger partial charge in [-0.3, -0.25) is 0 Å². The van der Waals surface area contributed by atoms with E-state index in [1.807, 2.05) is 19.3 Å². The minimum Gasteiger partial charge on any atom is -0.304 e. The molecule has 0 saturated carbocycles. The monoisotopic (exact) mass is 245 g/mol. The molecule has 0 aromatic carbocycles. The number of hydrogen-bond acceptors (Lipinski definition) is 3. The summed E-state index contributed by atoms with van der Waals surface area (Å²) in [7, 11) is 0. The molecule has 3 nitrogen and oxygen atoms in total. The van der Waals surface area contributed by atoms with Gasteiger partial charge < -0.3 is 5.32 Å². The molecule has 18 heavy (non-hydrogen) atoms. The number of aryl methyl sites for hydroxylation is 1. The molecule has 0 saturated heterocycles. The lowest BCUT2D eigenvalue weighted by Gasteiger charge is -2.23. The molecule has 0 aliphatic heterocycles. The number of hydrogen-bond donors (Lipinski definition) is 1. The lowest BCUT2D eigenvalue weighted by molar-refractivity contribution is 0.526. The fraction of sp³-hybridized carbons (Fsp3) is 0.600. The Labute approximate surface area is 110 Å². The van der Waals surface area contributed by atoms with Crippen molar-refractivity contribution < 1.29 is 0 Å². The molecule has 2 rings (SSSR count). The highest BCUT2D eigenvalue weighted by molar-refractivity contribution is 5.20. The molecule has 1 aliphatic carbocycles. The average molecular weight is 245 g/mol. The van der Waals surface area contributed by atoms with Crippen molar-refractivity contribution in [1.29, 1.82) is 0 Å². The smallest absolute Gasteiger partial charge is 0.149 e. The van der Waals surface area contributed by atoms with Crippen LogP contribution in [0.4, 0.5) is 0 Å². The van der Waals surface area contributed by atoms with Crippen molar-refractivity contribution in [1.82, 2.24) is 15.3 Å². The van der Waals surface area contributed by atoms with Gasteiger partial charge in [-0.1, -0.05) is 13.0 Å². The second kappa shape index (κ2) is 6.64. The molecular weight excluding hydrogens is 222 g/mol. The highest BCUT2D eigenvalue weighted by Gasteiger charge is 2.19. The summed E-state index contributed by atoms with van der Waals surface area (Å²) in [6.07, 6.45) is 12.3. The van der Waals surface area contributed by atoms with Crippen LogP contribution in [0.2, 0.25) is 0 Å². The second-order valence-corrected chi connectivity index (χ2v) is 5.03. The summed E-state index contributed by atoms with van der Waals surface area (Å²) >= 11 is 0. The zero-order valence-corrected chi connectivity index (χ0v) is 11.4. The van der Waals surface area contributed by atoms with Crippen molar-refractivity contribution in [3.63, 3.8) is 0 Å². The molecule has 0 radical (unpaired) electrons. The Bertz CT molecular complexity index is 395. The molecule has 1 atom stereocenters. The van der Waals surface area contributed by atoms with Crippen LogP contribution in [-0.4, -0.2) is 16.5 Å². The zero-order chi connectivity index (χ0) is 12.8. The Balaban J connectivity index is 2.18. The van der Waals surface area contributed by atoms with E-state index in [0.29, 0.717) is 0 Å². The number of allylic oxidation sites excluding steroid dienone is 1. The van der Waals surface area contributed by atoms with Crippen molar-refractivity contribution >= 4 is 0 Å². The fourth-order valence-corrected chi connectivity index (χ4v) is 2.35. The maximum atomic E-state index is 4.49. The van der Waals surface area contributed by atoms with Crippen LogP contribution < -0.4 is 5.32 Å². The van der Waals surface area contributed by atoms with Crippen LogP contribution in [0.5, 0.6) is 0 Å². The van der Waals surface area contributed by atoms with Gasteiger partial charge in [0.25, 0.3) is 0 Å². The summed E-state index contributed by atoms with van der Waals surface area (Å²) in [5, 5.41) is 3.58. The standard InChI is InChI=1S/C15H23N3/c1-3-9-16-14(13-7-5-4-6-8-13)15-17-10-12(2)11-18-15/h7,10-11,14,16H,3-6,8-9H2,1-2H3. The third-order valence-electron chi connectivity index (χ3n) is 3.35. The van der Waals surface area contributed by atoms with Crippen LogP contribution in [0.25, 0.3) is 0 Å². The normalized spacial score (nSPS) is 17.3. The van der Waals surface area contributed by atoms with E-state index in [2.05, 4.69) is 28.3 Å². The summed E-state index contributed by atoms with van der Waals surface area (Å²) in [5.41, 5.74) is 2.59. The molecule has 3 heteroatoms. The first-order valence-electron chi connectivity index (χ1n) is 7.02. The lowest BCUT2D eigenvalue weighted by Crippen LogP contribution is -2.26. The molecule has 0 bridgehead atoms. The third kappa shape index (κ3) is 3.39. The molecule has 0 fully saturated rings. The van der Waals surface area contributed by atoms with Crippen LogP contribution in [0.15, 0.2) is 24.0 Å². The Hall–Kier alpha value is -1.22. The topological polar surface area (TPSA) is 37.8 Å². The summed E-state index contributed by atoms with van der Waals surface area (Å²) in [5.74, 6) is 0.919. The van der Waals surface area contributed by atoms with Crippen LogP contribution >= 0.6 is 0 Å². The van der Waals surface area contributed by atoms with Crippen molar-refractivity contribution in [3.8, 4) is 0 Å². The van der Waals surface area contributed by atoms with E-state index in [4.69, 9.17) is 0 Å². The molecule has 1 N–H and O–H groups in total. The van der Waals surface area contributed by atoms with Gasteiger partial charge in [0.1, 0.15) is 5.82 Å². The minimum absolute atomic E-state index is 0.214. The van der Waals surface area contributed by atoms with Crippen molar-refractivity contribution in [2.24, 2.45) is 0 Å². The molecule has 1 aromatic heterocycles. The van der Waals surface area contributed by atoms with Gasteiger partial charge in [0.2, 0.25) is 0 Å². The first-order chi connectivity index (χ1) is 8.81.